The van der Waals surface area contributed by atoms with E-state index in [4.69, 9.17) is 9.47 Å². The molecule has 0 fully saturated rings. The summed E-state index contributed by atoms with van der Waals surface area (Å²) in [6, 6.07) is 10.2. The van der Waals surface area contributed by atoms with Crippen molar-refractivity contribution in [3.8, 4) is 5.75 Å². The van der Waals surface area contributed by atoms with Crippen LogP contribution in [0, 0.1) is 10.1 Å². The molecule has 1 atom stereocenters. The van der Waals surface area contributed by atoms with Crippen molar-refractivity contribution >= 4 is 23.6 Å². The number of pyridine rings is 1. The van der Waals surface area contributed by atoms with Crippen molar-refractivity contribution in [2.24, 2.45) is 0 Å². The molecule has 1 heterocycles. The second-order valence-corrected chi connectivity index (χ2v) is 6.29. The van der Waals surface area contributed by atoms with Crippen LogP contribution in [-0.2, 0) is 9.53 Å². The minimum absolute atomic E-state index is 0.0786. The molecular weight excluding hydrogens is 374 g/mol. The molecule has 0 radical (unpaired) electrons. The third kappa shape index (κ3) is 7.61. The lowest BCUT2D eigenvalue weighted by molar-refractivity contribution is -0.385. The second kappa shape index (κ2) is 11.4. The normalized spacial score (nSPS) is 11.8. The van der Waals surface area contributed by atoms with Crippen LogP contribution in [0.15, 0.2) is 48.7 Å². The fourth-order valence-corrected chi connectivity index (χ4v) is 2.34. The molecule has 0 aliphatic carbocycles. The number of carbonyl (C=O) groups excluding carboxylic acids is 1. The highest BCUT2D eigenvalue weighted by Crippen LogP contribution is 2.15. The highest BCUT2D eigenvalue weighted by molar-refractivity contribution is 5.87. The van der Waals surface area contributed by atoms with E-state index in [0.717, 1.165) is 17.7 Å². The maximum Gasteiger partial charge on any atom is 0.330 e. The fourth-order valence-electron chi connectivity index (χ4n) is 2.34. The Morgan fingerprint density at radius 2 is 2.00 bits per heavy atom. The van der Waals surface area contributed by atoms with Gasteiger partial charge in [0, 0.05) is 12.1 Å². The zero-order valence-electron chi connectivity index (χ0n) is 16.5. The Morgan fingerprint density at radius 1 is 1.24 bits per heavy atom. The number of carbonyl (C=O) groups is 1. The number of anilines is 1. The molecule has 0 spiro atoms. The van der Waals surface area contributed by atoms with Crippen LogP contribution >= 0.6 is 0 Å². The SMILES string of the molecule is CCCOc1ccc(/C=C/C(=O)OCC(CC)Nc2ccc([N+](=O)[O-])cn2)cc1. The Labute approximate surface area is 169 Å². The van der Waals surface area contributed by atoms with Gasteiger partial charge < -0.3 is 14.8 Å². The van der Waals surface area contributed by atoms with Gasteiger partial charge >= 0.3 is 5.97 Å². The van der Waals surface area contributed by atoms with Gasteiger partial charge in [-0.05, 0) is 42.7 Å². The number of esters is 1. The van der Waals surface area contributed by atoms with Crippen molar-refractivity contribution in [3.63, 3.8) is 0 Å². The second-order valence-electron chi connectivity index (χ2n) is 6.29. The first kappa shape index (κ1) is 21.9. The first-order valence-corrected chi connectivity index (χ1v) is 9.46. The van der Waals surface area contributed by atoms with Gasteiger partial charge in [-0.25, -0.2) is 9.78 Å². The topological polar surface area (TPSA) is 104 Å². The van der Waals surface area contributed by atoms with Crippen LogP contribution in [0.4, 0.5) is 11.5 Å². The van der Waals surface area contributed by atoms with Crippen LogP contribution in [0.3, 0.4) is 0 Å². The summed E-state index contributed by atoms with van der Waals surface area (Å²) in [5, 5.41) is 13.8. The van der Waals surface area contributed by atoms with Gasteiger partial charge in [-0.15, -0.1) is 0 Å². The Hall–Kier alpha value is -3.42. The van der Waals surface area contributed by atoms with E-state index in [0.29, 0.717) is 18.8 Å². The minimum atomic E-state index is -0.506. The van der Waals surface area contributed by atoms with E-state index in [2.05, 4.69) is 10.3 Å². The van der Waals surface area contributed by atoms with Gasteiger partial charge in [-0.2, -0.15) is 0 Å². The summed E-state index contributed by atoms with van der Waals surface area (Å²) in [7, 11) is 0. The van der Waals surface area contributed by atoms with Gasteiger partial charge in [0.05, 0.1) is 17.6 Å². The summed E-state index contributed by atoms with van der Waals surface area (Å²) in [6.45, 7) is 4.81. The van der Waals surface area contributed by atoms with Crippen molar-refractivity contribution in [1.82, 2.24) is 4.98 Å². The Bertz CT molecular complexity index is 819. The molecule has 0 saturated heterocycles. The highest BCUT2D eigenvalue weighted by atomic mass is 16.6. The number of benzene rings is 1. The van der Waals surface area contributed by atoms with Crippen LogP contribution < -0.4 is 10.1 Å². The first-order chi connectivity index (χ1) is 14.0. The van der Waals surface area contributed by atoms with Gasteiger partial charge in [-0.3, -0.25) is 10.1 Å². The Kier molecular flexibility index (Phi) is 8.62. The van der Waals surface area contributed by atoms with Crippen LogP contribution in [-0.4, -0.2) is 35.1 Å². The lowest BCUT2D eigenvalue weighted by Gasteiger charge is -2.16. The summed E-state index contributed by atoms with van der Waals surface area (Å²) >= 11 is 0. The Balaban J connectivity index is 1.81. The fraction of sp³-hybridized carbons (Fsp3) is 0.333. The number of nitro groups is 1. The average molecular weight is 399 g/mol. The number of aromatic nitrogens is 1. The standard InChI is InChI=1S/C21H25N3O5/c1-3-13-28-19-9-5-16(6-10-19)7-12-21(25)29-15-17(4-2)23-20-11-8-18(14-22-20)24(26)27/h5-12,14,17H,3-4,13,15H2,1-2H3,(H,22,23)/b12-7+. The monoisotopic (exact) mass is 399 g/mol. The van der Waals surface area contributed by atoms with E-state index in [1.54, 1.807) is 6.08 Å². The molecule has 1 unspecified atom stereocenters. The molecule has 154 valence electrons. The van der Waals surface area contributed by atoms with Crippen molar-refractivity contribution in [3.05, 3.63) is 64.3 Å². The van der Waals surface area contributed by atoms with Crippen LogP contribution in [0.5, 0.6) is 5.75 Å². The number of nitrogens with zero attached hydrogens (tertiary/aromatic N) is 2. The molecule has 0 bridgehead atoms. The van der Waals surface area contributed by atoms with Gasteiger partial charge in [0.1, 0.15) is 24.4 Å². The number of hydrogen-bond acceptors (Lipinski definition) is 7. The molecule has 0 amide bonds. The van der Waals surface area contributed by atoms with E-state index in [-0.39, 0.29) is 18.3 Å². The van der Waals surface area contributed by atoms with E-state index < -0.39 is 10.9 Å². The van der Waals surface area contributed by atoms with Crippen molar-refractivity contribution in [2.45, 2.75) is 32.7 Å². The lowest BCUT2D eigenvalue weighted by Crippen LogP contribution is -2.26. The smallest absolute Gasteiger partial charge is 0.330 e. The van der Waals surface area contributed by atoms with Gasteiger partial charge in [-0.1, -0.05) is 26.0 Å². The quantitative estimate of drug-likeness (QED) is 0.261. The Morgan fingerprint density at radius 3 is 2.59 bits per heavy atom. The maximum absolute atomic E-state index is 12.0. The van der Waals surface area contributed by atoms with Gasteiger partial charge in [0.25, 0.3) is 5.69 Å². The molecule has 0 aliphatic heterocycles. The van der Waals surface area contributed by atoms with E-state index in [9.17, 15) is 14.9 Å². The zero-order chi connectivity index (χ0) is 21.1. The molecule has 1 aromatic carbocycles. The summed E-state index contributed by atoms with van der Waals surface area (Å²) in [4.78, 5) is 26.1. The number of nitrogens with one attached hydrogen (secondary N) is 1. The summed E-state index contributed by atoms with van der Waals surface area (Å²) in [5.41, 5.74) is 0.788. The molecule has 29 heavy (non-hydrogen) atoms. The molecule has 2 aromatic rings. The predicted octanol–water partition coefficient (Wildman–Crippen LogP) is 4.23. The summed E-state index contributed by atoms with van der Waals surface area (Å²) < 4.78 is 10.8. The maximum atomic E-state index is 12.0. The molecule has 8 nitrogen and oxygen atoms in total. The largest absolute Gasteiger partial charge is 0.494 e. The lowest BCUT2D eigenvalue weighted by atomic mass is 10.2. The molecule has 0 aliphatic rings. The van der Waals surface area contributed by atoms with Gasteiger partial charge in [0.2, 0.25) is 0 Å². The van der Waals surface area contributed by atoms with Crippen LogP contribution in [0.2, 0.25) is 0 Å². The van der Waals surface area contributed by atoms with Crippen LogP contribution in [0.1, 0.15) is 32.3 Å². The minimum Gasteiger partial charge on any atom is -0.494 e. The molecule has 2 rings (SSSR count). The third-order valence-corrected chi connectivity index (χ3v) is 4.00. The van der Waals surface area contributed by atoms with Crippen molar-refractivity contribution in [1.29, 1.82) is 0 Å². The molecule has 0 saturated carbocycles. The van der Waals surface area contributed by atoms with Crippen molar-refractivity contribution < 1.29 is 19.2 Å². The number of rotatable bonds is 11. The van der Waals surface area contributed by atoms with Gasteiger partial charge in [0.15, 0.2) is 0 Å². The number of ether oxygens (including phenoxy) is 2. The molecular formula is C21H25N3O5. The number of hydrogen-bond donors (Lipinski definition) is 1. The summed E-state index contributed by atoms with van der Waals surface area (Å²) in [5.74, 6) is 0.830. The van der Waals surface area contributed by atoms with E-state index in [1.807, 2.05) is 38.1 Å². The van der Waals surface area contributed by atoms with E-state index >= 15 is 0 Å². The molecule has 1 aromatic heterocycles. The summed E-state index contributed by atoms with van der Waals surface area (Å²) in [6.07, 6.45) is 5.87. The third-order valence-electron chi connectivity index (χ3n) is 4.00. The van der Waals surface area contributed by atoms with Crippen LogP contribution in [0.25, 0.3) is 6.08 Å². The molecule has 1 N–H and O–H groups in total. The zero-order valence-corrected chi connectivity index (χ0v) is 16.5. The first-order valence-electron chi connectivity index (χ1n) is 9.46. The molecule has 8 heteroatoms. The highest BCUT2D eigenvalue weighted by Gasteiger charge is 2.11. The van der Waals surface area contributed by atoms with Crippen molar-refractivity contribution in [2.75, 3.05) is 18.5 Å². The predicted molar refractivity (Wildman–Crippen MR) is 111 cm³/mol. The average Bonchev–Trinajstić information content (AvgIpc) is 2.74. The van der Waals surface area contributed by atoms with E-state index in [1.165, 1.54) is 24.4 Å².